The molecule has 0 spiro atoms. The first kappa shape index (κ1) is 12.3. The summed E-state index contributed by atoms with van der Waals surface area (Å²) in [6, 6.07) is 5.63. The van der Waals surface area contributed by atoms with Gasteiger partial charge in [0.05, 0.1) is 0 Å². The zero-order valence-corrected chi connectivity index (χ0v) is 11.6. The van der Waals surface area contributed by atoms with Gasteiger partial charge in [0.1, 0.15) is 21.7 Å². The number of aryl methyl sites for hydroxylation is 1. The van der Waals surface area contributed by atoms with Gasteiger partial charge in [0, 0.05) is 23.2 Å². The van der Waals surface area contributed by atoms with E-state index < -0.39 is 0 Å². The zero-order chi connectivity index (χ0) is 12.3. The lowest BCUT2D eigenvalue weighted by Crippen LogP contribution is -1.99. The topological polar surface area (TPSA) is 64.7 Å². The molecule has 0 aliphatic rings. The van der Waals surface area contributed by atoms with E-state index in [2.05, 4.69) is 30.9 Å². The standard InChI is InChI=1S/C11H11BrN4S/c1-2-9-15-8(13)5-11(16-9)17-10-4-3-7(12)6-14-10/h3-6H,2H2,1H3,(H2,13,15,16). The minimum absolute atomic E-state index is 0.497. The second-order valence-corrected chi connectivity index (χ2v) is 5.27. The van der Waals surface area contributed by atoms with Crippen molar-refractivity contribution in [3.8, 4) is 0 Å². The first-order valence-electron chi connectivity index (χ1n) is 5.10. The third kappa shape index (κ3) is 3.41. The zero-order valence-electron chi connectivity index (χ0n) is 9.22. The Balaban J connectivity index is 2.23. The van der Waals surface area contributed by atoms with Gasteiger partial charge in [-0.2, -0.15) is 0 Å². The number of hydrogen-bond donors (Lipinski definition) is 1. The van der Waals surface area contributed by atoms with Crippen LogP contribution in [0.3, 0.4) is 0 Å². The van der Waals surface area contributed by atoms with Crippen molar-refractivity contribution >= 4 is 33.5 Å². The van der Waals surface area contributed by atoms with Gasteiger partial charge in [-0.15, -0.1) is 0 Å². The predicted octanol–water partition coefficient (Wildman–Crippen LogP) is 2.93. The minimum atomic E-state index is 0.497. The molecule has 0 saturated heterocycles. The fraction of sp³-hybridized carbons (Fsp3) is 0.182. The van der Waals surface area contributed by atoms with Crippen molar-refractivity contribution in [3.63, 3.8) is 0 Å². The molecule has 17 heavy (non-hydrogen) atoms. The second-order valence-electron chi connectivity index (χ2n) is 3.32. The summed E-state index contributed by atoms with van der Waals surface area (Å²) in [5.41, 5.74) is 5.72. The van der Waals surface area contributed by atoms with E-state index in [-0.39, 0.29) is 0 Å². The summed E-state index contributed by atoms with van der Waals surface area (Å²) in [5.74, 6) is 1.25. The molecule has 2 heterocycles. The van der Waals surface area contributed by atoms with E-state index in [1.807, 2.05) is 19.1 Å². The molecule has 0 aromatic carbocycles. The minimum Gasteiger partial charge on any atom is -0.384 e. The maximum absolute atomic E-state index is 5.72. The Labute approximate surface area is 112 Å². The van der Waals surface area contributed by atoms with Crippen molar-refractivity contribution in [2.45, 2.75) is 23.4 Å². The van der Waals surface area contributed by atoms with Crippen molar-refractivity contribution < 1.29 is 0 Å². The highest BCUT2D eigenvalue weighted by Gasteiger charge is 2.04. The lowest BCUT2D eigenvalue weighted by molar-refractivity contribution is 0.893. The average molecular weight is 311 g/mol. The van der Waals surface area contributed by atoms with Crippen molar-refractivity contribution in [2.75, 3.05) is 5.73 Å². The Morgan fingerprint density at radius 1 is 1.29 bits per heavy atom. The fourth-order valence-corrected chi connectivity index (χ4v) is 2.25. The second kappa shape index (κ2) is 5.46. The van der Waals surface area contributed by atoms with Gasteiger partial charge in [0.25, 0.3) is 0 Å². The van der Waals surface area contributed by atoms with Crippen LogP contribution in [0.1, 0.15) is 12.7 Å². The molecular weight excluding hydrogens is 300 g/mol. The molecule has 2 aromatic rings. The summed E-state index contributed by atoms with van der Waals surface area (Å²) in [4.78, 5) is 12.8. The van der Waals surface area contributed by atoms with E-state index in [9.17, 15) is 0 Å². The van der Waals surface area contributed by atoms with Gasteiger partial charge < -0.3 is 5.73 Å². The molecule has 0 amide bonds. The number of aromatic nitrogens is 3. The van der Waals surface area contributed by atoms with Gasteiger partial charge in [0.15, 0.2) is 0 Å². The highest BCUT2D eigenvalue weighted by Crippen LogP contribution is 2.26. The Kier molecular flexibility index (Phi) is 3.96. The van der Waals surface area contributed by atoms with Gasteiger partial charge in [-0.3, -0.25) is 0 Å². The Bertz CT molecular complexity index is 515. The first-order valence-corrected chi connectivity index (χ1v) is 6.71. The summed E-state index contributed by atoms with van der Waals surface area (Å²) in [6.07, 6.45) is 2.53. The summed E-state index contributed by atoms with van der Waals surface area (Å²) >= 11 is 4.82. The summed E-state index contributed by atoms with van der Waals surface area (Å²) in [7, 11) is 0. The maximum Gasteiger partial charge on any atom is 0.131 e. The van der Waals surface area contributed by atoms with E-state index in [4.69, 9.17) is 5.73 Å². The third-order valence-corrected chi connectivity index (χ3v) is 3.33. The Hall–Kier alpha value is -1.14. The molecular formula is C11H11BrN4S. The van der Waals surface area contributed by atoms with Crippen LogP contribution in [0.25, 0.3) is 0 Å². The number of nitrogens with two attached hydrogens (primary N) is 1. The van der Waals surface area contributed by atoms with Gasteiger partial charge in [-0.05, 0) is 39.8 Å². The largest absolute Gasteiger partial charge is 0.384 e. The van der Waals surface area contributed by atoms with Gasteiger partial charge in [-0.25, -0.2) is 15.0 Å². The van der Waals surface area contributed by atoms with Crippen molar-refractivity contribution in [2.24, 2.45) is 0 Å². The van der Waals surface area contributed by atoms with Crippen molar-refractivity contribution in [3.05, 3.63) is 34.7 Å². The molecule has 0 radical (unpaired) electrons. The van der Waals surface area contributed by atoms with Crippen LogP contribution < -0.4 is 5.73 Å². The van der Waals surface area contributed by atoms with Crippen LogP contribution in [0.4, 0.5) is 5.82 Å². The van der Waals surface area contributed by atoms with Gasteiger partial charge >= 0.3 is 0 Å². The highest BCUT2D eigenvalue weighted by atomic mass is 79.9. The molecule has 2 N–H and O–H groups in total. The molecule has 0 bridgehead atoms. The number of rotatable bonds is 3. The van der Waals surface area contributed by atoms with Crippen LogP contribution >= 0.6 is 27.7 Å². The molecule has 0 saturated carbocycles. The lowest BCUT2D eigenvalue weighted by atomic mass is 10.4. The van der Waals surface area contributed by atoms with Crippen molar-refractivity contribution in [1.82, 2.24) is 15.0 Å². The molecule has 4 nitrogen and oxygen atoms in total. The highest BCUT2D eigenvalue weighted by molar-refractivity contribution is 9.10. The van der Waals surface area contributed by atoms with Gasteiger partial charge in [0.2, 0.25) is 0 Å². The van der Waals surface area contributed by atoms with Crippen molar-refractivity contribution in [1.29, 1.82) is 0 Å². The predicted molar refractivity (Wildman–Crippen MR) is 71.9 cm³/mol. The van der Waals surface area contributed by atoms with E-state index in [1.165, 1.54) is 11.8 Å². The maximum atomic E-state index is 5.72. The number of pyridine rings is 1. The smallest absolute Gasteiger partial charge is 0.131 e. The molecule has 0 aliphatic carbocycles. The average Bonchev–Trinajstić information content (AvgIpc) is 2.31. The number of nitrogens with zero attached hydrogens (tertiary/aromatic N) is 3. The van der Waals surface area contributed by atoms with E-state index >= 15 is 0 Å². The SMILES string of the molecule is CCc1nc(N)cc(Sc2ccc(Br)cn2)n1. The summed E-state index contributed by atoms with van der Waals surface area (Å²) in [5, 5.41) is 1.71. The molecule has 0 atom stereocenters. The summed E-state index contributed by atoms with van der Waals surface area (Å²) in [6.45, 7) is 2.00. The van der Waals surface area contributed by atoms with E-state index in [1.54, 1.807) is 12.3 Å². The normalized spacial score (nSPS) is 10.5. The number of anilines is 1. The van der Waals surface area contributed by atoms with Crippen LogP contribution in [0.5, 0.6) is 0 Å². The molecule has 0 fully saturated rings. The number of nitrogen functional groups attached to an aromatic ring is 1. The number of halogens is 1. The molecule has 6 heteroatoms. The molecule has 0 aliphatic heterocycles. The van der Waals surface area contributed by atoms with E-state index in [0.29, 0.717) is 5.82 Å². The monoisotopic (exact) mass is 310 g/mol. The van der Waals surface area contributed by atoms with Crippen LogP contribution in [-0.2, 0) is 6.42 Å². The molecule has 0 unspecified atom stereocenters. The third-order valence-electron chi connectivity index (χ3n) is 1.99. The number of hydrogen-bond acceptors (Lipinski definition) is 5. The Morgan fingerprint density at radius 2 is 2.12 bits per heavy atom. The summed E-state index contributed by atoms with van der Waals surface area (Å²) < 4.78 is 0.957. The molecule has 2 rings (SSSR count). The van der Waals surface area contributed by atoms with E-state index in [0.717, 1.165) is 26.8 Å². The van der Waals surface area contributed by atoms with Crippen LogP contribution in [0.15, 0.2) is 38.9 Å². The van der Waals surface area contributed by atoms with Crippen LogP contribution in [0.2, 0.25) is 0 Å². The van der Waals surface area contributed by atoms with Crippen LogP contribution in [0, 0.1) is 0 Å². The quantitative estimate of drug-likeness (QED) is 0.883. The van der Waals surface area contributed by atoms with Gasteiger partial charge in [-0.1, -0.05) is 6.92 Å². The molecule has 88 valence electrons. The van der Waals surface area contributed by atoms with Crippen LogP contribution in [-0.4, -0.2) is 15.0 Å². The lowest BCUT2D eigenvalue weighted by Gasteiger charge is -2.03. The Morgan fingerprint density at radius 3 is 2.76 bits per heavy atom. The molecule has 2 aromatic heterocycles. The fourth-order valence-electron chi connectivity index (χ4n) is 1.23. The first-order chi connectivity index (χ1) is 8.17.